The monoisotopic (exact) mass is 220 g/mol. The van der Waals surface area contributed by atoms with E-state index in [1.165, 1.54) is 43.6 Å². The summed E-state index contributed by atoms with van der Waals surface area (Å²) in [6, 6.07) is 8.78. The topological polar surface area (TPSA) is 32.1 Å². The molecule has 1 fully saturated rings. The van der Waals surface area contributed by atoms with Crippen LogP contribution < -0.4 is 10.6 Å². The minimum Gasteiger partial charge on any atom is -0.357 e. The third-order valence-electron chi connectivity index (χ3n) is 3.92. The summed E-state index contributed by atoms with van der Waals surface area (Å²) in [5.74, 6) is 0.889. The van der Waals surface area contributed by atoms with E-state index in [-0.39, 0.29) is 0 Å². The van der Waals surface area contributed by atoms with Crippen molar-refractivity contribution >= 4 is 0 Å². The molecule has 1 saturated heterocycles. The van der Waals surface area contributed by atoms with E-state index in [0.717, 1.165) is 12.5 Å². The van der Waals surface area contributed by atoms with Crippen LogP contribution in [-0.4, -0.2) is 19.6 Å². The van der Waals surface area contributed by atoms with Crippen molar-refractivity contribution in [3.8, 4) is 0 Å². The molecule has 1 aliphatic heterocycles. The first-order valence-electron chi connectivity index (χ1n) is 6.47. The fourth-order valence-corrected chi connectivity index (χ4v) is 2.63. The molecule has 1 aromatic rings. The molecule has 0 atom stereocenters. The fourth-order valence-electron chi connectivity index (χ4n) is 2.63. The highest BCUT2D eigenvalue weighted by molar-refractivity contribution is 5.24. The third-order valence-corrected chi connectivity index (χ3v) is 3.92. The van der Waals surface area contributed by atoms with Crippen LogP contribution in [0.2, 0.25) is 0 Å². The van der Waals surface area contributed by atoms with Gasteiger partial charge in [-0.25, -0.2) is 0 Å². The number of hydrogen-bond donors (Lipinski definition) is 2. The highest BCUT2D eigenvalue weighted by Crippen LogP contribution is 2.08. The van der Waals surface area contributed by atoms with Gasteiger partial charge in [0.2, 0.25) is 0 Å². The summed E-state index contributed by atoms with van der Waals surface area (Å²) in [7, 11) is 0. The molecular weight excluding hydrogens is 196 g/mol. The predicted octanol–water partition coefficient (Wildman–Crippen LogP) is 0.0318. The Morgan fingerprint density at radius 1 is 1.25 bits per heavy atom. The third kappa shape index (κ3) is 2.83. The minimum absolute atomic E-state index is 0.889. The van der Waals surface area contributed by atoms with Gasteiger partial charge in [-0.05, 0) is 12.5 Å². The van der Waals surface area contributed by atoms with Gasteiger partial charge in [-0.3, -0.25) is 0 Å². The Morgan fingerprint density at radius 3 is 2.56 bits per heavy atom. The molecule has 0 amide bonds. The second-order valence-corrected chi connectivity index (χ2v) is 5.09. The molecule has 0 aromatic heterocycles. The van der Waals surface area contributed by atoms with Gasteiger partial charge in [-0.1, -0.05) is 24.3 Å². The van der Waals surface area contributed by atoms with E-state index in [0.29, 0.717) is 0 Å². The normalized spacial score (nSPS) is 25.6. The summed E-state index contributed by atoms with van der Waals surface area (Å²) in [6.45, 7) is 7.20. The van der Waals surface area contributed by atoms with E-state index < -0.39 is 0 Å². The lowest BCUT2D eigenvalue weighted by molar-refractivity contribution is -0.920. The quantitative estimate of drug-likeness (QED) is 0.720. The Hall–Kier alpha value is -0.860. The molecule has 2 nitrogen and oxygen atoms in total. The smallest absolute Gasteiger partial charge is 0.103 e. The van der Waals surface area contributed by atoms with Crippen LogP contribution in [0.3, 0.4) is 0 Å². The number of likely N-dealkylation sites (tertiary alicyclic amines) is 1. The van der Waals surface area contributed by atoms with E-state index in [2.05, 4.69) is 36.9 Å². The predicted molar refractivity (Wildman–Crippen MR) is 66.1 cm³/mol. The number of benzene rings is 1. The van der Waals surface area contributed by atoms with Gasteiger partial charge in [-0.2, -0.15) is 0 Å². The van der Waals surface area contributed by atoms with Gasteiger partial charge in [0.25, 0.3) is 0 Å². The summed E-state index contributed by atoms with van der Waals surface area (Å²) in [5, 5.41) is 0. The van der Waals surface area contributed by atoms with Crippen molar-refractivity contribution < 1.29 is 10.6 Å². The SMILES string of the molecule is Cc1ccccc1C[NH+]1CCC(C[NH3+])CC1. The molecule has 2 heteroatoms. The van der Waals surface area contributed by atoms with Crippen LogP contribution in [0.5, 0.6) is 0 Å². The molecule has 4 N–H and O–H groups in total. The lowest BCUT2D eigenvalue weighted by Crippen LogP contribution is -3.11. The number of hydrogen-bond acceptors (Lipinski definition) is 0. The minimum atomic E-state index is 0.889. The van der Waals surface area contributed by atoms with Crippen LogP contribution >= 0.6 is 0 Å². The van der Waals surface area contributed by atoms with Crippen molar-refractivity contribution in [1.82, 2.24) is 0 Å². The summed E-state index contributed by atoms with van der Waals surface area (Å²) < 4.78 is 0. The first-order valence-corrected chi connectivity index (χ1v) is 6.47. The van der Waals surface area contributed by atoms with Gasteiger partial charge in [0, 0.05) is 24.3 Å². The van der Waals surface area contributed by atoms with Crippen LogP contribution in [0.1, 0.15) is 24.0 Å². The molecular formula is C14H24N2+2. The van der Waals surface area contributed by atoms with Gasteiger partial charge < -0.3 is 10.6 Å². The zero-order chi connectivity index (χ0) is 11.4. The summed E-state index contributed by atoms with van der Waals surface area (Å²) in [5.41, 5.74) is 6.98. The first kappa shape index (κ1) is 11.6. The average Bonchev–Trinajstić information content (AvgIpc) is 2.33. The van der Waals surface area contributed by atoms with Gasteiger partial charge in [0.1, 0.15) is 6.54 Å². The standard InChI is InChI=1S/C14H22N2/c1-12-4-2-3-5-14(12)11-16-8-6-13(10-15)7-9-16/h2-5,13H,6-11,15H2,1H3/p+2. The molecule has 0 radical (unpaired) electrons. The van der Waals surface area contributed by atoms with E-state index in [9.17, 15) is 0 Å². The van der Waals surface area contributed by atoms with Crippen LogP contribution in [0.4, 0.5) is 0 Å². The van der Waals surface area contributed by atoms with Gasteiger partial charge in [0.15, 0.2) is 0 Å². The molecule has 0 saturated carbocycles. The Kier molecular flexibility index (Phi) is 3.97. The lowest BCUT2D eigenvalue weighted by Gasteiger charge is -2.28. The Morgan fingerprint density at radius 2 is 1.94 bits per heavy atom. The maximum absolute atomic E-state index is 4.02. The molecule has 1 aliphatic rings. The molecule has 0 bridgehead atoms. The van der Waals surface area contributed by atoms with Gasteiger partial charge in [-0.15, -0.1) is 0 Å². The van der Waals surface area contributed by atoms with Crippen molar-refractivity contribution in [3.63, 3.8) is 0 Å². The Bertz CT molecular complexity index is 327. The van der Waals surface area contributed by atoms with Crippen molar-refractivity contribution in [2.45, 2.75) is 26.3 Å². The zero-order valence-electron chi connectivity index (χ0n) is 10.3. The van der Waals surface area contributed by atoms with E-state index in [1.807, 2.05) is 0 Å². The highest BCUT2D eigenvalue weighted by Gasteiger charge is 2.22. The zero-order valence-corrected chi connectivity index (χ0v) is 10.3. The fraction of sp³-hybridized carbons (Fsp3) is 0.571. The first-order chi connectivity index (χ1) is 7.79. The number of piperidine rings is 1. The maximum atomic E-state index is 4.02. The largest absolute Gasteiger partial charge is 0.357 e. The van der Waals surface area contributed by atoms with Crippen LogP contribution in [-0.2, 0) is 6.54 Å². The second-order valence-electron chi connectivity index (χ2n) is 5.09. The molecule has 1 aromatic carbocycles. The molecule has 88 valence electrons. The summed E-state index contributed by atoms with van der Waals surface area (Å²) in [4.78, 5) is 1.75. The number of quaternary nitrogens is 2. The second kappa shape index (κ2) is 5.46. The van der Waals surface area contributed by atoms with Crippen molar-refractivity contribution in [2.24, 2.45) is 5.92 Å². The molecule has 0 unspecified atom stereocenters. The molecule has 0 aliphatic carbocycles. The van der Waals surface area contributed by atoms with E-state index >= 15 is 0 Å². The van der Waals surface area contributed by atoms with Gasteiger partial charge in [0.05, 0.1) is 19.6 Å². The molecule has 0 spiro atoms. The molecule has 16 heavy (non-hydrogen) atoms. The van der Waals surface area contributed by atoms with Gasteiger partial charge >= 0.3 is 0 Å². The summed E-state index contributed by atoms with van der Waals surface area (Å²) >= 11 is 0. The number of aryl methyl sites for hydroxylation is 1. The Balaban J connectivity index is 1.89. The highest BCUT2D eigenvalue weighted by atomic mass is 15.1. The van der Waals surface area contributed by atoms with E-state index in [4.69, 9.17) is 0 Å². The van der Waals surface area contributed by atoms with Crippen LogP contribution in [0, 0.1) is 12.8 Å². The van der Waals surface area contributed by atoms with E-state index in [1.54, 1.807) is 4.90 Å². The number of nitrogens with one attached hydrogen (secondary N) is 1. The lowest BCUT2D eigenvalue weighted by atomic mass is 9.96. The number of rotatable bonds is 3. The maximum Gasteiger partial charge on any atom is 0.103 e. The summed E-state index contributed by atoms with van der Waals surface area (Å²) in [6.07, 6.45) is 2.73. The van der Waals surface area contributed by atoms with Crippen LogP contribution in [0.25, 0.3) is 0 Å². The average molecular weight is 220 g/mol. The van der Waals surface area contributed by atoms with Crippen molar-refractivity contribution in [3.05, 3.63) is 35.4 Å². The molecule has 1 heterocycles. The van der Waals surface area contributed by atoms with Crippen LogP contribution in [0.15, 0.2) is 24.3 Å². The molecule has 2 rings (SSSR count). The van der Waals surface area contributed by atoms with Crippen molar-refractivity contribution in [1.29, 1.82) is 0 Å². The van der Waals surface area contributed by atoms with Crippen molar-refractivity contribution in [2.75, 3.05) is 19.6 Å². The Labute approximate surface area is 98.4 Å².